The summed E-state index contributed by atoms with van der Waals surface area (Å²) in [5, 5.41) is 3.01. The van der Waals surface area contributed by atoms with E-state index in [4.69, 9.17) is 9.47 Å². The molecule has 1 aromatic rings. The fourth-order valence-electron chi connectivity index (χ4n) is 4.18. The van der Waals surface area contributed by atoms with Crippen molar-refractivity contribution in [3.05, 3.63) is 24.3 Å². The third-order valence-corrected chi connectivity index (χ3v) is 5.26. The summed E-state index contributed by atoms with van der Waals surface area (Å²) < 4.78 is 11.2. The fraction of sp³-hybridized carbons (Fsp3) is 0.636. The van der Waals surface area contributed by atoms with Crippen molar-refractivity contribution in [3.63, 3.8) is 0 Å². The monoisotopic (exact) mass is 388 g/mol. The Hall–Kier alpha value is -2.24. The number of piperidine rings is 1. The summed E-state index contributed by atoms with van der Waals surface area (Å²) in [6, 6.07) is 7.52. The van der Waals surface area contributed by atoms with E-state index in [1.807, 2.05) is 63.8 Å². The van der Waals surface area contributed by atoms with Crippen LogP contribution in [-0.2, 0) is 9.53 Å². The molecule has 2 heterocycles. The third-order valence-electron chi connectivity index (χ3n) is 5.26. The number of carbonyl (C=O) groups excluding carboxylic acids is 2. The summed E-state index contributed by atoms with van der Waals surface area (Å²) >= 11 is 0. The van der Waals surface area contributed by atoms with Crippen molar-refractivity contribution in [1.82, 2.24) is 4.90 Å². The molecule has 2 fully saturated rings. The van der Waals surface area contributed by atoms with Gasteiger partial charge < -0.3 is 19.7 Å². The molecule has 0 spiro atoms. The second-order valence-electron chi connectivity index (χ2n) is 9.05. The van der Waals surface area contributed by atoms with Crippen LogP contribution in [0.1, 0.15) is 60.3 Å². The minimum Gasteiger partial charge on any atom is -0.491 e. The molecular formula is C22H32N2O4. The van der Waals surface area contributed by atoms with Gasteiger partial charge in [0.2, 0.25) is 5.91 Å². The molecule has 28 heavy (non-hydrogen) atoms. The third kappa shape index (κ3) is 4.78. The zero-order valence-corrected chi connectivity index (χ0v) is 17.5. The van der Waals surface area contributed by atoms with Gasteiger partial charge in [-0.2, -0.15) is 0 Å². The van der Waals surface area contributed by atoms with Gasteiger partial charge in [-0.1, -0.05) is 0 Å². The van der Waals surface area contributed by atoms with Crippen molar-refractivity contribution in [2.24, 2.45) is 5.92 Å². The number of nitrogens with zero attached hydrogens (tertiary/aromatic N) is 1. The van der Waals surface area contributed by atoms with Crippen LogP contribution in [0.4, 0.5) is 10.5 Å². The van der Waals surface area contributed by atoms with E-state index in [1.54, 1.807) is 0 Å². The van der Waals surface area contributed by atoms with Crippen LogP contribution in [0, 0.1) is 5.92 Å². The molecule has 2 saturated heterocycles. The molecular weight excluding hydrogens is 356 g/mol. The summed E-state index contributed by atoms with van der Waals surface area (Å²) in [6.07, 6.45) is 3.24. The van der Waals surface area contributed by atoms with Gasteiger partial charge in [-0.05, 0) is 84.6 Å². The first kappa shape index (κ1) is 20.5. The Morgan fingerprint density at radius 3 is 2.32 bits per heavy atom. The molecule has 2 bridgehead atoms. The van der Waals surface area contributed by atoms with E-state index in [-0.39, 0.29) is 36.1 Å². The van der Waals surface area contributed by atoms with Gasteiger partial charge in [-0.15, -0.1) is 0 Å². The second kappa shape index (κ2) is 8.02. The first-order chi connectivity index (χ1) is 13.1. The highest BCUT2D eigenvalue weighted by atomic mass is 16.6. The quantitative estimate of drug-likeness (QED) is 0.819. The highest BCUT2D eigenvalue weighted by Crippen LogP contribution is 2.40. The van der Waals surface area contributed by atoms with Crippen molar-refractivity contribution in [2.75, 3.05) is 5.32 Å². The number of anilines is 1. The topological polar surface area (TPSA) is 67.9 Å². The largest absolute Gasteiger partial charge is 0.491 e. The van der Waals surface area contributed by atoms with E-state index in [2.05, 4.69) is 5.32 Å². The molecule has 1 N–H and O–H groups in total. The minimum absolute atomic E-state index is 0.0311. The first-order valence-corrected chi connectivity index (χ1v) is 10.2. The van der Waals surface area contributed by atoms with Gasteiger partial charge in [0.05, 0.1) is 12.0 Å². The van der Waals surface area contributed by atoms with Gasteiger partial charge >= 0.3 is 6.09 Å². The average molecular weight is 389 g/mol. The van der Waals surface area contributed by atoms with Gasteiger partial charge in [0, 0.05) is 17.8 Å². The Bertz CT molecular complexity index is 708. The number of fused-ring (bicyclic) bond motifs is 2. The number of nitrogens with one attached hydrogen (secondary N) is 1. The van der Waals surface area contributed by atoms with Crippen LogP contribution in [0.2, 0.25) is 0 Å². The van der Waals surface area contributed by atoms with Crippen LogP contribution < -0.4 is 10.1 Å². The maximum absolute atomic E-state index is 13.0. The predicted molar refractivity (Wildman–Crippen MR) is 108 cm³/mol. The van der Waals surface area contributed by atoms with E-state index in [1.165, 1.54) is 0 Å². The molecule has 0 unspecified atom stereocenters. The Kier molecular flexibility index (Phi) is 5.87. The summed E-state index contributed by atoms with van der Waals surface area (Å²) in [4.78, 5) is 27.5. The van der Waals surface area contributed by atoms with E-state index in [0.29, 0.717) is 0 Å². The molecule has 2 aliphatic heterocycles. The lowest BCUT2D eigenvalue weighted by molar-refractivity contribution is -0.123. The van der Waals surface area contributed by atoms with Gasteiger partial charge in [-0.3, -0.25) is 4.79 Å². The van der Waals surface area contributed by atoms with Crippen molar-refractivity contribution >= 4 is 17.7 Å². The van der Waals surface area contributed by atoms with Crippen LogP contribution in [0.25, 0.3) is 0 Å². The lowest BCUT2D eigenvalue weighted by Gasteiger charge is -2.39. The van der Waals surface area contributed by atoms with Crippen LogP contribution in [-0.4, -0.2) is 40.7 Å². The number of amides is 2. The van der Waals surface area contributed by atoms with Crippen LogP contribution >= 0.6 is 0 Å². The SMILES string of the molecule is CC(C)Oc1ccc(NC(=O)[C@@H]2CC[C@@H]3CC[C@H]2N3C(=O)OC(C)(C)C)cc1. The van der Waals surface area contributed by atoms with Crippen molar-refractivity contribution in [2.45, 2.75) is 84.1 Å². The molecule has 6 heteroatoms. The summed E-state index contributed by atoms with van der Waals surface area (Å²) in [5.41, 5.74) is 0.205. The molecule has 3 atom stereocenters. The Morgan fingerprint density at radius 2 is 1.71 bits per heavy atom. The van der Waals surface area contributed by atoms with Gasteiger partial charge in [-0.25, -0.2) is 4.79 Å². The first-order valence-electron chi connectivity index (χ1n) is 10.2. The summed E-state index contributed by atoms with van der Waals surface area (Å²) in [5.74, 6) is 0.537. The molecule has 3 rings (SSSR count). The van der Waals surface area contributed by atoms with Gasteiger partial charge in [0.25, 0.3) is 0 Å². The average Bonchev–Trinajstić information content (AvgIpc) is 2.88. The lowest BCUT2D eigenvalue weighted by atomic mass is 9.89. The number of benzene rings is 1. The number of ether oxygens (including phenoxy) is 2. The molecule has 6 nitrogen and oxygen atoms in total. The standard InChI is InChI=1S/C22H32N2O4/c1-14(2)27-17-10-6-15(7-11-17)23-20(25)18-12-8-16-9-13-19(18)24(16)21(26)28-22(3,4)5/h6-7,10-11,14,16,18-19H,8-9,12-13H2,1-5H3,(H,23,25)/t16-,18-,19-/m1/s1. The van der Waals surface area contributed by atoms with E-state index in [0.717, 1.165) is 37.1 Å². The van der Waals surface area contributed by atoms with Gasteiger partial charge in [0.15, 0.2) is 0 Å². The molecule has 2 amide bonds. The van der Waals surface area contributed by atoms with Crippen LogP contribution in [0.5, 0.6) is 5.75 Å². The van der Waals surface area contributed by atoms with Crippen LogP contribution in [0.3, 0.4) is 0 Å². The van der Waals surface area contributed by atoms with Crippen molar-refractivity contribution in [3.8, 4) is 5.75 Å². The zero-order valence-electron chi connectivity index (χ0n) is 17.5. The van der Waals surface area contributed by atoms with Crippen LogP contribution in [0.15, 0.2) is 24.3 Å². The van der Waals surface area contributed by atoms with E-state index in [9.17, 15) is 9.59 Å². The Labute approximate surface area is 167 Å². The van der Waals surface area contributed by atoms with E-state index >= 15 is 0 Å². The summed E-state index contributed by atoms with van der Waals surface area (Å²) in [6.45, 7) is 9.56. The highest BCUT2D eigenvalue weighted by Gasteiger charge is 2.48. The lowest BCUT2D eigenvalue weighted by Crippen LogP contribution is -2.52. The molecule has 2 aliphatic rings. The second-order valence-corrected chi connectivity index (χ2v) is 9.05. The number of hydrogen-bond donors (Lipinski definition) is 1. The molecule has 0 aromatic heterocycles. The Morgan fingerprint density at radius 1 is 1.07 bits per heavy atom. The fourth-order valence-corrected chi connectivity index (χ4v) is 4.18. The smallest absolute Gasteiger partial charge is 0.410 e. The molecule has 0 radical (unpaired) electrons. The maximum atomic E-state index is 13.0. The highest BCUT2D eigenvalue weighted by molar-refractivity contribution is 5.93. The van der Waals surface area contributed by atoms with Crippen molar-refractivity contribution in [1.29, 1.82) is 0 Å². The Balaban J connectivity index is 1.66. The summed E-state index contributed by atoms with van der Waals surface area (Å²) in [7, 11) is 0. The molecule has 0 aliphatic carbocycles. The molecule has 154 valence electrons. The molecule has 1 aromatic carbocycles. The van der Waals surface area contributed by atoms with Crippen molar-refractivity contribution < 1.29 is 19.1 Å². The molecule has 0 saturated carbocycles. The van der Waals surface area contributed by atoms with E-state index < -0.39 is 5.60 Å². The number of hydrogen-bond acceptors (Lipinski definition) is 4. The zero-order chi connectivity index (χ0) is 20.5. The minimum atomic E-state index is -0.536. The maximum Gasteiger partial charge on any atom is 0.410 e. The number of carbonyl (C=O) groups is 2. The normalized spacial score (nSPS) is 24.2. The van der Waals surface area contributed by atoms with Gasteiger partial charge in [0.1, 0.15) is 11.4 Å². The predicted octanol–water partition coefficient (Wildman–Crippen LogP) is 4.59. The number of rotatable bonds is 4.